The summed E-state index contributed by atoms with van der Waals surface area (Å²) in [5.74, 6) is 0. The van der Waals surface area contributed by atoms with E-state index < -0.39 is 10.0 Å². The third-order valence-electron chi connectivity index (χ3n) is 3.55. The molecule has 132 valence electrons. The van der Waals surface area contributed by atoms with Gasteiger partial charge in [-0.3, -0.25) is 4.72 Å². The van der Waals surface area contributed by atoms with Gasteiger partial charge in [-0.2, -0.15) is 0 Å². The van der Waals surface area contributed by atoms with E-state index in [9.17, 15) is 8.42 Å². The maximum atomic E-state index is 12.6. The number of thiocarbonyl (C=S) groups is 1. The zero-order chi connectivity index (χ0) is 18.4. The van der Waals surface area contributed by atoms with Crippen LogP contribution in [0.1, 0.15) is 11.1 Å². The predicted octanol–water partition coefficient (Wildman–Crippen LogP) is 3.58. The highest BCUT2D eigenvalue weighted by Crippen LogP contribution is 2.24. The quantitative estimate of drug-likeness (QED) is 0.532. The van der Waals surface area contributed by atoms with E-state index in [1.54, 1.807) is 18.2 Å². The van der Waals surface area contributed by atoms with Gasteiger partial charge < -0.3 is 10.6 Å². The number of aryl methyl sites for hydroxylation is 2. The molecule has 0 unspecified atom stereocenters. The van der Waals surface area contributed by atoms with E-state index in [0.717, 1.165) is 11.1 Å². The first-order chi connectivity index (χ1) is 11.8. The Bertz CT molecular complexity index is 855. The summed E-state index contributed by atoms with van der Waals surface area (Å²) < 4.78 is 27.9. The van der Waals surface area contributed by atoms with Gasteiger partial charge in [-0.25, -0.2) is 8.42 Å². The largest absolute Gasteiger partial charge is 0.359 e. The standard InChI is InChI=1S/C18H21N3O2S2/c1-4-12-19-18(24)20-15-8-10-16(11-9-15)25(22,23)21-17-13(2)6-5-7-14(17)3/h4-11,21H,1,12H2,2-3H3,(H2,19,20,24). The highest BCUT2D eigenvalue weighted by molar-refractivity contribution is 7.92. The molecule has 25 heavy (non-hydrogen) atoms. The Hall–Kier alpha value is -2.38. The fourth-order valence-electron chi connectivity index (χ4n) is 2.23. The maximum Gasteiger partial charge on any atom is 0.261 e. The van der Waals surface area contributed by atoms with E-state index in [-0.39, 0.29) is 4.90 Å². The molecule has 5 nitrogen and oxygen atoms in total. The molecule has 2 aromatic rings. The molecule has 7 heteroatoms. The molecular formula is C18H21N3O2S2. The molecule has 0 saturated carbocycles. The van der Waals surface area contributed by atoms with Crippen LogP contribution in [-0.2, 0) is 10.0 Å². The molecule has 0 bridgehead atoms. The van der Waals surface area contributed by atoms with Crippen LogP contribution in [0.4, 0.5) is 11.4 Å². The van der Waals surface area contributed by atoms with Gasteiger partial charge in [0, 0.05) is 12.2 Å². The summed E-state index contributed by atoms with van der Waals surface area (Å²) >= 11 is 5.12. The monoisotopic (exact) mass is 375 g/mol. The minimum atomic E-state index is -3.66. The number of sulfonamides is 1. The van der Waals surface area contributed by atoms with Crippen molar-refractivity contribution in [1.29, 1.82) is 0 Å². The Morgan fingerprint density at radius 2 is 1.72 bits per heavy atom. The first-order valence-corrected chi connectivity index (χ1v) is 9.57. The van der Waals surface area contributed by atoms with Crippen LogP contribution in [0.15, 0.2) is 60.0 Å². The first-order valence-electron chi connectivity index (χ1n) is 7.68. The van der Waals surface area contributed by atoms with Crippen LogP contribution in [0, 0.1) is 13.8 Å². The molecule has 0 aliphatic rings. The normalized spacial score (nSPS) is 10.8. The lowest BCUT2D eigenvalue weighted by molar-refractivity contribution is 0.601. The Labute approximate surface area is 154 Å². The van der Waals surface area contributed by atoms with E-state index in [1.165, 1.54) is 12.1 Å². The van der Waals surface area contributed by atoms with Crippen LogP contribution in [0.5, 0.6) is 0 Å². The highest BCUT2D eigenvalue weighted by Gasteiger charge is 2.16. The Kier molecular flexibility index (Phi) is 6.17. The summed E-state index contributed by atoms with van der Waals surface area (Å²) in [5, 5.41) is 6.37. The second-order valence-corrected chi connectivity index (χ2v) is 7.61. The van der Waals surface area contributed by atoms with Crippen LogP contribution < -0.4 is 15.4 Å². The molecule has 0 fully saturated rings. The lowest BCUT2D eigenvalue weighted by Crippen LogP contribution is -2.28. The van der Waals surface area contributed by atoms with Crippen LogP contribution in [0.2, 0.25) is 0 Å². The van der Waals surface area contributed by atoms with Crippen LogP contribution in [0.25, 0.3) is 0 Å². The fourth-order valence-corrected chi connectivity index (χ4v) is 3.63. The molecule has 2 rings (SSSR count). The maximum absolute atomic E-state index is 12.6. The lowest BCUT2D eigenvalue weighted by atomic mass is 10.1. The highest BCUT2D eigenvalue weighted by atomic mass is 32.2. The van der Waals surface area contributed by atoms with E-state index in [1.807, 2.05) is 32.0 Å². The Morgan fingerprint density at radius 1 is 1.12 bits per heavy atom. The van der Waals surface area contributed by atoms with Gasteiger partial charge in [-0.1, -0.05) is 24.3 Å². The van der Waals surface area contributed by atoms with Crippen molar-refractivity contribution in [3.8, 4) is 0 Å². The van der Waals surface area contributed by atoms with Crippen LogP contribution in [0.3, 0.4) is 0 Å². The van der Waals surface area contributed by atoms with Crippen molar-refractivity contribution in [3.05, 3.63) is 66.2 Å². The summed E-state index contributed by atoms with van der Waals surface area (Å²) in [6.07, 6.45) is 1.70. The van der Waals surface area contributed by atoms with Crippen molar-refractivity contribution in [1.82, 2.24) is 5.32 Å². The summed E-state index contributed by atoms with van der Waals surface area (Å²) in [7, 11) is -3.66. The Balaban J connectivity index is 2.15. The third kappa shape index (κ3) is 5.04. The molecule has 0 amide bonds. The van der Waals surface area contributed by atoms with Crippen molar-refractivity contribution < 1.29 is 8.42 Å². The topological polar surface area (TPSA) is 70.2 Å². The predicted molar refractivity (Wildman–Crippen MR) is 108 cm³/mol. The van der Waals surface area contributed by atoms with Gasteiger partial charge in [0.25, 0.3) is 10.0 Å². The van der Waals surface area contributed by atoms with Gasteiger partial charge in [0.2, 0.25) is 0 Å². The summed E-state index contributed by atoms with van der Waals surface area (Å²) in [5.41, 5.74) is 3.06. The number of anilines is 2. The van der Waals surface area contributed by atoms with Crippen molar-refractivity contribution in [2.45, 2.75) is 18.7 Å². The minimum Gasteiger partial charge on any atom is -0.359 e. The number of benzene rings is 2. The molecule has 0 atom stereocenters. The van der Waals surface area contributed by atoms with Gasteiger partial charge in [0.1, 0.15) is 0 Å². The molecule has 2 aromatic carbocycles. The smallest absolute Gasteiger partial charge is 0.261 e. The molecule has 0 saturated heterocycles. The number of nitrogens with one attached hydrogen (secondary N) is 3. The molecule has 0 radical (unpaired) electrons. The molecule has 3 N–H and O–H groups in total. The molecular weight excluding hydrogens is 354 g/mol. The molecule has 0 aromatic heterocycles. The van der Waals surface area contributed by atoms with Crippen LogP contribution in [-0.4, -0.2) is 20.1 Å². The van der Waals surface area contributed by atoms with Crippen molar-refractivity contribution >= 4 is 38.7 Å². The van der Waals surface area contributed by atoms with Crippen molar-refractivity contribution in [3.63, 3.8) is 0 Å². The van der Waals surface area contributed by atoms with E-state index in [0.29, 0.717) is 23.0 Å². The minimum absolute atomic E-state index is 0.186. The molecule has 0 aliphatic heterocycles. The van der Waals surface area contributed by atoms with E-state index >= 15 is 0 Å². The molecule has 0 spiro atoms. The van der Waals surface area contributed by atoms with Crippen molar-refractivity contribution in [2.75, 3.05) is 16.6 Å². The van der Waals surface area contributed by atoms with Gasteiger partial charge in [0.15, 0.2) is 5.11 Å². The van der Waals surface area contributed by atoms with Crippen molar-refractivity contribution in [2.24, 2.45) is 0 Å². The second kappa shape index (κ2) is 8.13. The van der Waals surface area contributed by atoms with Crippen LogP contribution >= 0.6 is 12.2 Å². The second-order valence-electron chi connectivity index (χ2n) is 5.52. The van der Waals surface area contributed by atoms with E-state index in [2.05, 4.69) is 21.9 Å². The number of hydrogen-bond donors (Lipinski definition) is 3. The fraction of sp³-hybridized carbons (Fsp3) is 0.167. The molecule has 0 aliphatic carbocycles. The Morgan fingerprint density at radius 3 is 2.28 bits per heavy atom. The number of rotatable bonds is 6. The SMILES string of the molecule is C=CCNC(=S)Nc1ccc(S(=O)(=O)Nc2c(C)cccc2C)cc1. The summed E-state index contributed by atoms with van der Waals surface area (Å²) in [6.45, 7) is 7.90. The van der Waals surface area contributed by atoms with Gasteiger partial charge >= 0.3 is 0 Å². The number of hydrogen-bond acceptors (Lipinski definition) is 3. The lowest BCUT2D eigenvalue weighted by Gasteiger charge is -2.14. The summed E-state index contributed by atoms with van der Waals surface area (Å²) in [6, 6.07) is 12.0. The van der Waals surface area contributed by atoms with Gasteiger partial charge in [-0.15, -0.1) is 6.58 Å². The van der Waals surface area contributed by atoms with E-state index in [4.69, 9.17) is 12.2 Å². The zero-order valence-electron chi connectivity index (χ0n) is 14.2. The van der Waals surface area contributed by atoms with Gasteiger partial charge in [0.05, 0.1) is 10.6 Å². The zero-order valence-corrected chi connectivity index (χ0v) is 15.8. The number of para-hydroxylation sites is 1. The average Bonchev–Trinajstić information content (AvgIpc) is 2.57. The summed E-state index contributed by atoms with van der Waals surface area (Å²) in [4.78, 5) is 0.186. The third-order valence-corrected chi connectivity index (χ3v) is 5.16. The average molecular weight is 376 g/mol. The van der Waals surface area contributed by atoms with Gasteiger partial charge in [-0.05, 0) is 61.5 Å². The first kappa shape index (κ1) is 19.0. The molecule has 0 heterocycles.